The van der Waals surface area contributed by atoms with Crippen molar-refractivity contribution in [1.29, 1.82) is 0 Å². The van der Waals surface area contributed by atoms with Crippen molar-refractivity contribution in [3.63, 3.8) is 0 Å². The molecule has 3 aromatic rings. The van der Waals surface area contributed by atoms with Gasteiger partial charge in [-0.15, -0.1) is 0 Å². The fourth-order valence-corrected chi connectivity index (χ4v) is 2.66. The molecule has 2 aromatic carbocycles. The Balaban J connectivity index is 1.83. The van der Waals surface area contributed by atoms with Crippen molar-refractivity contribution in [2.24, 2.45) is 0 Å². The Labute approximate surface area is 150 Å². The zero-order valence-electron chi connectivity index (χ0n) is 11.7. The molecule has 3 rings (SSSR count). The van der Waals surface area contributed by atoms with Gasteiger partial charge < -0.3 is 5.11 Å². The third kappa shape index (κ3) is 3.48. The fourth-order valence-electron chi connectivity index (χ4n) is 2.05. The number of hydrogen-bond acceptors (Lipinski definition) is 4. The fraction of sp³-hybridized carbons (Fsp3) is 0. The Morgan fingerprint density at radius 3 is 2.65 bits per heavy atom. The van der Waals surface area contributed by atoms with E-state index in [9.17, 15) is 9.90 Å². The zero-order valence-corrected chi connectivity index (χ0v) is 14.6. The highest BCUT2D eigenvalue weighted by molar-refractivity contribution is 14.1. The molecule has 0 aliphatic heterocycles. The van der Waals surface area contributed by atoms with Crippen molar-refractivity contribution < 1.29 is 9.90 Å². The zero-order chi connectivity index (χ0) is 16.4. The summed E-state index contributed by atoms with van der Waals surface area (Å²) < 4.78 is 0.948. The van der Waals surface area contributed by atoms with Gasteiger partial charge in [-0.1, -0.05) is 11.6 Å². The van der Waals surface area contributed by atoms with Crippen LogP contribution < -0.4 is 10.9 Å². The Hall–Kier alpha value is -2.06. The van der Waals surface area contributed by atoms with Crippen molar-refractivity contribution in [3.05, 3.63) is 62.8 Å². The Morgan fingerprint density at radius 1 is 1.17 bits per heavy atom. The number of pyridine rings is 1. The number of hydrazine groups is 1. The van der Waals surface area contributed by atoms with Gasteiger partial charge in [0.15, 0.2) is 0 Å². The van der Waals surface area contributed by atoms with Crippen LogP contribution in [-0.2, 0) is 0 Å². The van der Waals surface area contributed by atoms with Crippen LogP contribution in [0.1, 0.15) is 10.4 Å². The second-order valence-electron chi connectivity index (χ2n) is 4.77. The molecule has 3 N–H and O–H groups in total. The van der Waals surface area contributed by atoms with E-state index in [1.165, 1.54) is 6.20 Å². The van der Waals surface area contributed by atoms with E-state index in [0.29, 0.717) is 21.6 Å². The first-order chi connectivity index (χ1) is 11.0. The van der Waals surface area contributed by atoms with Gasteiger partial charge in [0.25, 0.3) is 5.91 Å². The first-order valence-corrected chi connectivity index (χ1v) is 8.09. The molecule has 1 aromatic heterocycles. The van der Waals surface area contributed by atoms with Crippen LogP contribution in [0, 0.1) is 3.57 Å². The SMILES string of the molecule is O=C(NNc1ccc(Cl)cc1)c1cnc2ccc(I)cc2c1O. The third-order valence-corrected chi connectivity index (χ3v) is 4.13. The maximum absolute atomic E-state index is 12.2. The van der Waals surface area contributed by atoms with Gasteiger partial charge in [-0.2, -0.15) is 0 Å². The second kappa shape index (κ2) is 6.59. The van der Waals surface area contributed by atoms with Crippen LogP contribution in [-0.4, -0.2) is 16.0 Å². The molecule has 0 radical (unpaired) electrons. The molecule has 23 heavy (non-hydrogen) atoms. The topological polar surface area (TPSA) is 74.2 Å². The molecule has 1 amide bonds. The van der Waals surface area contributed by atoms with E-state index in [1.54, 1.807) is 36.4 Å². The van der Waals surface area contributed by atoms with Crippen LogP contribution in [0.5, 0.6) is 5.75 Å². The quantitative estimate of drug-likeness (QED) is 0.427. The van der Waals surface area contributed by atoms with Crippen LogP contribution in [0.3, 0.4) is 0 Å². The molecule has 0 aliphatic carbocycles. The van der Waals surface area contributed by atoms with Crippen LogP contribution in [0.2, 0.25) is 5.02 Å². The van der Waals surface area contributed by atoms with Crippen molar-refractivity contribution in [1.82, 2.24) is 10.4 Å². The van der Waals surface area contributed by atoms with E-state index in [2.05, 4.69) is 38.4 Å². The molecule has 0 spiro atoms. The summed E-state index contributed by atoms with van der Waals surface area (Å²) in [6, 6.07) is 12.3. The normalized spacial score (nSPS) is 10.5. The van der Waals surface area contributed by atoms with E-state index in [0.717, 1.165) is 3.57 Å². The summed E-state index contributed by atoms with van der Waals surface area (Å²) in [7, 11) is 0. The predicted molar refractivity (Wildman–Crippen MR) is 98.7 cm³/mol. The van der Waals surface area contributed by atoms with E-state index >= 15 is 0 Å². The molecule has 0 saturated carbocycles. The molecule has 0 aliphatic rings. The lowest BCUT2D eigenvalue weighted by Gasteiger charge is -2.10. The number of halogens is 2. The predicted octanol–water partition coefficient (Wildman–Crippen LogP) is 3.96. The minimum absolute atomic E-state index is 0.0936. The Bertz CT molecular complexity index is 884. The number of carbonyl (C=O) groups is 1. The second-order valence-corrected chi connectivity index (χ2v) is 6.45. The maximum Gasteiger partial charge on any atom is 0.274 e. The lowest BCUT2D eigenvalue weighted by molar-refractivity contribution is 0.0960. The molecule has 1 heterocycles. The molecule has 116 valence electrons. The molecule has 0 saturated heterocycles. The van der Waals surface area contributed by atoms with E-state index < -0.39 is 5.91 Å². The van der Waals surface area contributed by atoms with Gasteiger partial charge in [0.2, 0.25) is 0 Å². The molecular formula is C16H11ClIN3O2. The average Bonchev–Trinajstić information content (AvgIpc) is 2.55. The molecule has 0 atom stereocenters. The van der Waals surface area contributed by atoms with Gasteiger partial charge in [0.05, 0.1) is 11.2 Å². The number of nitrogens with one attached hydrogen (secondary N) is 2. The van der Waals surface area contributed by atoms with Gasteiger partial charge >= 0.3 is 0 Å². The Kier molecular flexibility index (Phi) is 4.53. The van der Waals surface area contributed by atoms with Crippen LogP contribution in [0.4, 0.5) is 5.69 Å². The first-order valence-electron chi connectivity index (χ1n) is 6.64. The number of nitrogens with zero attached hydrogens (tertiary/aromatic N) is 1. The number of carbonyl (C=O) groups excluding carboxylic acids is 1. The number of benzene rings is 2. The average molecular weight is 440 g/mol. The number of aromatic nitrogens is 1. The summed E-state index contributed by atoms with van der Waals surface area (Å²) in [5.41, 5.74) is 6.68. The lowest BCUT2D eigenvalue weighted by atomic mass is 10.1. The highest BCUT2D eigenvalue weighted by atomic mass is 127. The minimum Gasteiger partial charge on any atom is -0.506 e. The molecule has 5 nitrogen and oxygen atoms in total. The number of aromatic hydroxyl groups is 1. The van der Waals surface area contributed by atoms with E-state index in [-0.39, 0.29) is 11.3 Å². The summed E-state index contributed by atoms with van der Waals surface area (Å²) in [6.45, 7) is 0. The van der Waals surface area contributed by atoms with Crippen molar-refractivity contribution in [3.8, 4) is 5.75 Å². The summed E-state index contributed by atoms with van der Waals surface area (Å²) >= 11 is 7.94. The van der Waals surface area contributed by atoms with E-state index in [1.807, 2.05) is 6.07 Å². The third-order valence-electron chi connectivity index (χ3n) is 3.21. The highest BCUT2D eigenvalue weighted by Crippen LogP contribution is 2.28. The molecule has 0 fully saturated rings. The molecule has 7 heteroatoms. The smallest absolute Gasteiger partial charge is 0.274 e. The number of anilines is 1. The van der Waals surface area contributed by atoms with Gasteiger partial charge in [-0.05, 0) is 65.1 Å². The van der Waals surface area contributed by atoms with Gasteiger partial charge in [-0.3, -0.25) is 20.6 Å². The van der Waals surface area contributed by atoms with Gasteiger partial charge in [-0.25, -0.2) is 0 Å². The summed E-state index contributed by atoms with van der Waals surface area (Å²) in [6.07, 6.45) is 1.35. The summed E-state index contributed by atoms with van der Waals surface area (Å²) in [5, 5.41) is 11.5. The van der Waals surface area contributed by atoms with Gasteiger partial charge in [0.1, 0.15) is 11.3 Å². The molecule has 0 unspecified atom stereocenters. The van der Waals surface area contributed by atoms with E-state index in [4.69, 9.17) is 11.6 Å². The Morgan fingerprint density at radius 2 is 1.91 bits per heavy atom. The highest BCUT2D eigenvalue weighted by Gasteiger charge is 2.15. The molecule has 0 bridgehead atoms. The van der Waals surface area contributed by atoms with Crippen LogP contribution in [0.15, 0.2) is 48.7 Å². The lowest BCUT2D eigenvalue weighted by Crippen LogP contribution is -2.29. The standard InChI is InChI=1S/C16H11ClIN3O2/c17-9-1-4-11(5-2-9)20-21-16(23)13-8-19-14-6-3-10(18)7-12(14)15(13)22/h1-8,20H,(H,19,22)(H,21,23). The monoisotopic (exact) mass is 439 g/mol. The van der Waals surface area contributed by atoms with Crippen LogP contribution in [0.25, 0.3) is 10.9 Å². The number of hydrogen-bond donors (Lipinski definition) is 3. The van der Waals surface area contributed by atoms with Crippen LogP contribution >= 0.6 is 34.2 Å². The minimum atomic E-state index is -0.481. The maximum atomic E-state index is 12.2. The molecular weight excluding hydrogens is 429 g/mol. The largest absolute Gasteiger partial charge is 0.506 e. The summed E-state index contributed by atoms with van der Waals surface area (Å²) in [4.78, 5) is 16.4. The van der Waals surface area contributed by atoms with Crippen molar-refractivity contribution in [2.45, 2.75) is 0 Å². The number of rotatable bonds is 3. The van der Waals surface area contributed by atoms with Crippen molar-refractivity contribution >= 4 is 56.7 Å². The number of amides is 1. The van der Waals surface area contributed by atoms with Gasteiger partial charge in [0, 0.05) is 20.2 Å². The van der Waals surface area contributed by atoms with Crippen molar-refractivity contribution in [2.75, 3.05) is 5.43 Å². The summed E-state index contributed by atoms with van der Waals surface area (Å²) in [5.74, 6) is -0.574. The number of fused-ring (bicyclic) bond motifs is 1. The first kappa shape index (κ1) is 15.8.